The summed E-state index contributed by atoms with van der Waals surface area (Å²) in [7, 11) is 0. The number of ether oxygens (including phenoxy) is 1. The van der Waals surface area contributed by atoms with E-state index in [0.29, 0.717) is 22.0 Å². The molecule has 0 aliphatic carbocycles. The van der Waals surface area contributed by atoms with Crippen molar-refractivity contribution in [2.75, 3.05) is 0 Å². The number of esters is 1. The number of carbonyl (C=O) groups excluding carboxylic acids is 2. The lowest BCUT2D eigenvalue weighted by molar-refractivity contribution is -0.147. The highest BCUT2D eigenvalue weighted by Crippen LogP contribution is 2.35. The molecule has 2 N–H and O–H groups in total. The van der Waals surface area contributed by atoms with E-state index in [1.54, 1.807) is 42.5 Å². The Balaban J connectivity index is 1.81. The largest absolute Gasteiger partial charge is 0.505 e. The predicted octanol–water partition coefficient (Wildman–Crippen LogP) is 3.99. The highest BCUT2D eigenvalue weighted by atomic mass is 16.6. The van der Waals surface area contributed by atoms with E-state index in [0.717, 1.165) is 0 Å². The zero-order valence-corrected chi connectivity index (χ0v) is 16.6. The molecule has 154 valence electrons. The Bertz CT molecular complexity index is 1240. The van der Waals surface area contributed by atoms with Crippen molar-refractivity contribution in [3.05, 3.63) is 90.3 Å². The van der Waals surface area contributed by atoms with Gasteiger partial charge in [-0.1, -0.05) is 48.5 Å². The molecule has 7 nitrogen and oxygen atoms in total. The molecular formula is C24H19N3O4. The Morgan fingerprint density at radius 3 is 2.35 bits per heavy atom. The second kappa shape index (κ2) is 8.62. The molecule has 0 fully saturated rings. The van der Waals surface area contributed by atoms with Gasteiger partial charge < -0.3 is 15.2 Å². The van der Waals surface area contributed by atoms with Crippen molar-refractivity contribution in [2.24, 2.45) is 0 Å². The third-order valence-electron chi connectivity index (χ3n) is 4.70. The molecule has 7 heteroatoms. The summed E-state index contributed by atoms with van der Waals surface area (Å²) >= 11 is 0. The van der Waals surface area contributed by atoms with Crippen LogP contribution in [-0.4, -0.2) is 27.0 Å². The van der Waals surface area contributed by atoms with E-state index in [9.17, 15) is 14.7 Å². The van der Waals surface area contributed by atoms with Crippen LogP contribution in [0.1, 0.15) is 29.1 Å². The summed E-state index contributed by atoms with van der Waals surface area (Å²) < 4.78 is 5.30. The highest BCUT2D eigenvalue weighted by Gasteiger charge is 2.25. The van der Waals surface area contributed by atoms with Crippen LogP contribution >= 0.6 is 0 Å². The number of fused-ring (bicyclic) bond motifs is 1. The van der Waals surface area contributed by atoms with Crippen LogP contribution in [0.5, 0.6) is 5.75 Å². The molecule has 0 bridgehead atoms. The van der Waals surface area contributed by atoms with E-state index in [2.05, 4.69) is 15.3 Å². The zero-order chi connectivity index (χ0) is 21.8. The second-order valence-electron chi connectivity index (χ2n) is 6.81. The highest BCUT2D eigenvalue weighted by molar-refractivity contribution is 6.10. The van der Waals surface area contributed by atoms with E-state index in [-0.39, 0.29) is 17.0 Å². The van der Waals surface area contributed by atoms with Crippen molar-refractivity contribution < 1.29 is 19.4 Å². The van der Waals surface area contributed by atoms with Crippen molar-refractivity contribution in [2.45, 2.75) is 13.2 Å². The molecule has 4 rings (SSSR count). The number of aromatic nitrogens is 2. The second-order valence-corrected chi connectivity index (χ2v) is 6.81. The fraction of sp³-hybridized carbons (Fsp3) is 0.0833. The van der Waals surface area contributed by atoms with Gasteiger partial charge in [-0.05, 0) is 18.2 Å². The summed E-state index contributed by atoms with van der Waals surface area (Å²) in [5, 5.41) is 14.2. The molecule has 1 atom stereocenters. The number of nitrogens with zero attached hydrogens (tertiary/aromatic N) is 2. The minimum Gasteiger partial charge on any atom is -0.505 e. The fourth-order valence-corrected chi connectivity index (χ4v) is 3.31. The number of hydrogen-bond acceptors (Lipinski definition) is 6. The van der Waals surface area contributed by atoms with Gasteiger partial charge in [-0.15, -0.1) is 0 Å². The van der Waals surface area contributed by atoms with E-state index in [1.165, 1.54) is 19.3 Å². The van der Waals surface area contributed by atoms with Gasteiger partial charge in [0.15, 0.2) is 5.75 Å². The van der Waals surface area contributed by atoms with Gasteiger partial charge in [0, 0.05) is 35.8 Å². The van der Waals surface area contributed by atoms with Crippen LogP contribution in [0.4, 0.5) is 0 Å². The van der Waals surface area contributed by atoms with Gasteiger partial charge in [-0.2, -0.15) is 0 Å². The van der Waals surface area contributed by atoms with Crippen LogP contribution in [0.15, 0.2) is 79.1 Å². The molecule has 1 amide bonds. The predicted molar refractivity (Wildman–Crippen MR) is 115 cm³/mol. The minimum absolute atomic E-state index is 0.0515. The summed E-state index contributed by atoms with van der Waals surface area (Å²) in [6.45, 7) is 1.26. The third kappa shape index (κ3) is 4.20. The number of aromatic hydroxyl groups is 1. The number of amides is 1. The lowest BCUT2D eigenvalue weighted by Crippen LogP contribution is -2.31. The molecule has 4 aromatic rings. The number of para-hydroxylation sites is 1. The van der Waals surface area contributed by atoms with E-state index < -0.39 is 18.1 Å². The van der Waals surface area contributed by atoms with Gasteiger partial charge in [-0.25, -0.2) is 4.98 Å². The Morgan fingerprint density at radius 2 is 1.65 bits per heavy atom. The minimum atomic E-state index is -1.04. The summed E-state index contributed by atoms with van der Waals surface area (Å²) in [6, 6.07) is 19.4. The normalized spacial score (nSPS) is 11.6. The molecule has 0 saturated heterocycles. The third-order valence-corrected chi connectivity index (χ3v) is 4.70. The van der Waals surface area contributed by atoms with Gasteiger partial charge in [0.1, 0.15) is 5.69 Å². The lowest BCUT2D eigenvalue weighted by Gasteiger charge is -2.20. The van der Waals surface area contributed by atoms with Crippen LogP contribution in [0.25, 0.3) is 22.2 Å². The van der Waals surface area contributed by atoms with Gasteiger partial charge in [-0.3, -0.25) is 14.6 Å². The van der Waals surface area contributed by atoms with Gasteiger partial charge in [0.05, 0.1) is 11.1 Å². The Labute approximate surface area is 178 Å². The van der Waals surface area contributed by atoms with Crippen molar-refractivity contribution >= 4 is 22.8 Å². The average Bonchev–Trinajstić information content (AvgIpc) is 2.79. The van der Waals surface area contributed by atoms with Crippen LogP contribution < -0.4 is 5.32 Å². The molecular weight excluding hydrogens is 394 g/mol. The van der Waals surface area contributed by atoms with Gasteiger partial charge in [0.25, 0.3) is 5.91 Å². The fourth-order valence-electron chi connectivity index (χ4n) is 3.31. The molecule has 0 saturated carbocycles. The Kier molecular flexibility index (Phi) is 5.57. The quantitative estimate of drug-likeness (QED) is 0.379. The Hall–Kier alpha value is -4.26. The number of benzene rings is 2. The van der Waals surface area contributed by atoms with Gasteiger partial charge in [0.2, 0.25) is 6.23 Å². The van der Waals surface area contributed by atoms with E-state index in [4.69, 9.17) is 4.74 Å². The standard InChI is InChI=1S/C24H19N3O4/c1-15(28)31-24(17-11-13-25-14-12-17)27-23(30)20-18-9-5-6-10-19(18)26-21(22(20)29)16-7-3-2-4-8-16/h2-14,24,29H,1H3,(H,27,30). The number of rotatable bonds is 5. The number of hydrogen-bond donors (Lipinski definition) is 2. The molecule has 0 radical (unpaired) electrons. The van der Waals surface area contributed by atoms with Crippen LogP contribution in [0, 0.1) is 0 Å². The summed E-state index contributed by atoms with van der Waals surface area (Å²) in [5.41, 5.74) is 2.11. The average molecular weight is 413 g/mol. The first-order chi connectivity index (χ1) is 15.0. The van der Waals surface area contributed by atoms with Crippen molar-refractivity contribution in [3.8, 4) is 17.0 Å². The molecule has 2 heterocycles. The molecule has 0 aliphatic heterocycles. The summed E-state index contributed by atoms with van der Waals surface area (Å²) in [4.78, 5) is 33.4. The van der Waals surface area contributed by atoms with Crippen molar-refractivity contribution in [1.29, 1.82) is 0 Å². The van der Waals surface area contributed by atoms with Crippen LogP contribution in [0.3, 0.4) is 0 Å². The first-order valence-corrected chi connectivity index (χ1v) is 9.59. The van der Waals surface area contributed by atoms with E-state index in [1.807, 2.05) is 24.3 Å². The maximum atomic E-state index is 13.3. The monoisotopic (exact) mass is 413 g/mol. The van der Waals surface area contributed by atoms with Crippen molar-refractivity contribution in [3.63, 3.8) is 0 Å². The topological polar surface area (TPSA) is 101 Å². The SMILES string of the molecule is CC(=O)OC(NC(=O)c1c(O)c(-c2ccccc2)nc2ccccc12)c1ccncc1. The molecule has 31 heavy (non-hydrogen) atoms. The zero-order valence-electron chi connectivity index (χ0n) is 16.6. The summed E-state index contributed by atoms with van der Waals surface area (Å²) in [6.07, 6.45) is 2.02. The molecule has 2 aromatic heterocycles. The molecule has 1 unspecified atom stereocenters. The van der Waals surface area contributed by atoms with Crippen LogP contribution in [-0.2, 0) is 9.53 Å². The first-order valence-electron chi connectivity index (χ1n) is 9.59. The first kappa shape index (κ1) is 20.0. The maximum Gasteiger partial charge on any atom is 0.304 e. The summed E-state index contributed by atoms with van der Waals surface area (Å²) in [5.74, 6) is -1.41. The number of pyridine rings is 2. The lowest BCUT2D eigenvalue weighted by atomic mass is 10.0. The van der Waals surface area contributed by atoms with Gasteiger partial charge >= 0.3 is 5.97 Å². The van der Waals surface area contributed by atoms with E-state index >= 15 is 0 Å². The maximum absolute atomic E-state index is 13.3. The molecule has 0 spiro atoms. The number of carbonyl (C=O) groups is 2. The molecule has 2 aromatic carbocycles. The Morgan fingerprint density at radius 1 is 0.968 bits per heavy atom. The van der Waals surface area contributed by atoms with Crippen molar-refractivity contribution in [1.82, 2.24) is 15.3 Å². The van der Waals surface area contributed by atoms with Crippen LogP contribution in [0.2, 0.25) is 0 Å². The number of nitrogens with one attached hydrogen (secondary N) is 1. The smallest absolute Gasteiger partial charge is 0.304 e. The molecule has 0 aliphatic rings.